The summed E-state index contributed by atoms with van der Waals surface area (Å²) in [5, 5.41) is 4.93. The summed E-state index contributed by atoms with van der Waals surface area (Å²) < 4.78 is 17.9. The molecule has 1 aliphatic heterocycles. The Balaban J connectivity index is 1.91. The van der Waals surface area contributed by atoms with Gasteiger partial charge in [-0.25, -0.2) is 9.18 Å². The molecule has 2 atom stereocenters. The molecule has 0 bridgehead atoms. The zero-order valence-corrected chi connectivity index (χ0v) is 12.4. The van der Waals surface area contributed by atoms with E-state index in [-0.39, 0.29) is 23.0 Å². The second-order valence-corrected chi connectivity index (χ2v) is 5.26. The van der Waals surface area contributed by atoms with Crippen LogP contribution in [0.5, 0.6) is 0 Å². The molecule has 6 nitrogen and oxygen atoms in total. The normalized spacial score (nSPS) is 18.5. The Morgan fingerprint density at radius 2 is 2.23 bits per heavy atom. The molecular formula is C14H14ClFN2O4. The minimum Gasteiger partial charge on any atom is -0.451 e. The second kappa shape index (κ2) is 6.74. The molecule has 1 heterocycles. The van der Waals surface area contributed by atoms with E-state index >= 15 is 0 Å². The van der Waals surface area contributed by atoms with Gasteiger partial charge in [-0.05, 0) is 31.5 Å². The molecule has 0 aliphatic carbocycles. The number of benzene rings is 1. The van der Waals surface area contributed by atoms with E-state index in [1.807, 2.05) is 0 Å². The number of carbonyl (C=O) groups is 3. The molecule has 8 heteroatoms. The van der Waals surface area contributed by atoms with Gasteiger partial charge in [-0.2, -0.15) is 0 Å². The summed E-state index contributed by atoms with van der Waals surface area (Å²) in [6.07, 6.45) is -0.479. The molecule has 0 saturated carbocycles. The Morgan fingerprint density at radius 1 is 1.50 bits per heavy atom. The Kier molecular flexibility index (Phi) is 4.97. The van der Waals surface area contributed by atoms with Gasteiger partial charge < -0.3 is 15.4 Å². The average molecular weight is 329 g/mol. The highest BCUT2D eigenvalue weighted by molar-refractivity contribution is 6.33. The first kappa shape index (κ1) is 16.2. The van der Waals surface area contributed by atoms with Gasteiger partial charge in [0.1, 0.15) is 11.9 Å². The third-order valence-electron chi connectivity index (χ3n) is 3.13. The van der Waals surface area contributed by atoms with Crippen LogP contribution in [0.1, 0.15) is 19.8 Å². The van der Waals surface area contributed by atoms with Crippen LogP contribution in [0.2, 0.25) is 5.02 Å². The summed E-state index contributed by atoms with van der Waals surface area (Å²) in [7, 11) is 0. The molecule has 1 saturated heterocycles. The molecule has 22 heavy (non-hydrogen) atoms. The number of hydrogen-bond acceptors (Lipinski definition) is 4. The van der Waals surface area contributed by atoms with Crippen LogP contribution >= 0.6 is 11.6 Å². The molecule has 1 fully saturated rings. The van der Waals surface area contributed by atoms with E-state index in [2.05, 4.69) is 10.6 Å². The SMILES string of the molecule is C[C@@H](OC(=O)[C@H]1CCC(=O)N1)C(=O)Nc1ccc(F)cc1Cl. The quantitative estimate of drug-likeness (QED) is 0.823. The molecule has 2 amide bonds. The van der Waals surface area contributed by atoms with Crippen LogP contribution in [-0.2, 0) is 19.1 Å². The lowest BCUT2D eigenvalue weighted by Crippen LogP contribution is -2.39. The van der Waals surface area contributed by atoms with Crippen molar-refractivity contribution in [2.45, 2.75) is 31.9 Å². The fourth-order valence-corrected chi connectivity index (χ4v) is 2.14. The minimum atomic E-state index is -1.08. The number of rotatable bonds is 4. The summed E-state index contributed by atoms with van der Waals surface area (Å²) in [5.41, 5.74) is 0.213. The van der Waals surface area contributed by atoms with E-state index in [1.165, 1.54) is 13.0 Å². The predicted molar refractivity (Wildman–Crippen MR) is 76.8 cm³/mol. The van der Waals surface area contributed by atoms with E-state index in [9.17, 15) is 18.8 Å². The second-order valence-electron chi connectivity index (χ2n) is 4.85. The maximum absolute atomic E-state index is 12.9. The van der Waals surface area contributed by atoms with Gasteiger partial charge in [0.15, 0.2) is 6.10 Å². The Hall–Kier alpha value is -2.15. The van der Waals surface area contributed by atoms with Crippen molar-refractivity contribution in [2.75, 3.05) is 5.32 Å². The molecule has 0 unspecified atom stereocenters. The number of carbonyl (C=O) groups excluding carboxylic acids is 3. The Bertz CT molecular complexity index is 623. The van der Waals surface area contributed by atoms with Crippen molar-refractivity contribution >= 4 is 35.1 Å². The van der Waals surface area contributed by atoms with E-state index in [0.717, 1.165) is 12.1 Å². The van der Waals surface area contributed by atoms with Crippen LogP contribution < -0.4 is 10.6 Å². The lowest BCUT2D eigenvalue weighted by Gasteiger charge is -2.16. The molecule has 0 spiro atoms. The van der Waals surface area contributed by atoms with Gasteiger partial charge in [0.25, 0.3) is 5.91 Å². The fourth-order valence-electron chi connectivity index (χ4n) is 1.93. The van der Waals surface area contributed by atoms with Crippen LogP contribution in [0.15, 0.2) is 18.2 Å². The number of esters is 1. The summed E-state index contributed by atoms with van der Waals surface area (Å²) in [6.45, 7) is 1.39. The maximum atomic E-state index is 12.9. The number of ether oxygens (including phenoxy) is 1. The largest absolute Gasteiger partial charge is 0.451 e. The van der Waals surface area contributed by atoms with Gasteiger partial charge in [0.2, 0.25) is 5.91 Å². The monoisotopic (exact) mass is 328 g/mol. The Morgan fingerprint density at radius 3 is 2.82 bits per heavy atom. The number of amides is 2. The van der Waals surface area contributed by atoms with Crippen LogP contribution in [0.4, 0.5) is 10.1 Å². The summed E-state index contributed by atoms with van der Waals surface area (Å²) in [5.74, 6) is -2.03. The minimum absolute atomic E-state index is 0.0370. The number of nitrogens with one attached hydrogen (secondary N) is 2. The lowest BCUT2D eigenvalue weighted by molar-refractivity contribution is -0.155. The average Bonchev–Trinajstić information content (AvgIpc) is 2.88. The summed E-state index contributed by atoms with van der Waals surface area (Å²) in [4.78, 5) is 34.8. The zero-order chi connectivity index (χ0) is 16.3. The molecule has 118 valence electrons. The van der Waals surface area contributed by atoms with Crippen LogP contribution in [-0.4, -0.2) is 29.9 Å². The molecule has 0 aromatic heterocycles. The highest BCUT2D eigenvalue weighted by atomic mass is 35.5. The maximum Gasteiger partial charge on any atom is 0.329 e. The van der Waals surface area contributed by atoms with Gasteiger partial charge >= 0.3 is 5.97 Å². The first-order valence-electron chi connectivity index (χ1n) is 6.62. The molecule has 1 aromatic carbocycles. The van der Waals surface area contributed by atoms with Crippen molar-refractivity contribution in [3.63, 3.8) is 0 Å². The van der Waals surface area contributed by atoms with E-state index in [1.54, 1.807) is 0 Å². The van der Waals surface area contributed by atoms with E-state index < -0.39 is 29.8 Å². The smallest absolute Gasteiger partial charge is 0.329 e. The first-order chi connectivity index (χ1) is 10.4. The molecular weight excluding hydrogens is 315 g/mol. The third kappa shape index (κ3) is 3.94. The van der Waals surface area contributed by atoms with Crippen LogP contribution in [0.25, 0.3) is 0 Å². The van der Waals surface area contributed by atoms with Gasteiger partial charge in [-0.1, -0.05) is 11.6 Å². The molecule has 2 N–H and O–H groups in total. The third-order valence-corrected chi connectivity index (χ3v) is 3.44. The topological polar surface area (TPSA) is 84.5 Å². The van der Waals surface area contributed by atoms with Gasteiger partial charge in [-0.15, -0.1) is 0 Å². The Labute approximate surface area is 131 Å². The fraction of sp³-hybridized carbons (Fsp3) is 0.357. The van der Waals surface area contributed by atoms with Crippen molar-refractivity contribution in [2.24, 2.45) is 0 Å². The van der Waals surface area contributed by atoms with Crippen molar-refractivity contribution in [1.29, 1.82) is 0 Å². The number of halogens is 2. The summed E-state index contributed by atoms with van der Waals surface area (Å²) >= 11 is 5.79. The number of hydrogen-bond donors (Lipinski definition) is 2. The predicted octanol–water partition coefficient (Wildman–Crippen LogP) is 1.63. The molecule has 1 aliphatic rings. The summed E-state index contributed by atoms with van der Waals surface area (Å²) in [6, 6.07) is 2.78. The standard InChI is InChI=1S/C14H14ClFN2O4/c1-7(22-14(21)11-4-5-12(19)17-11)13(20)18-10-3-2-8(16)6-9(10)15/h2-3,6-7,11H,4-5H2,1H3,(H,17,19)(H,18,20)/t7-,11-/m1/s1. The van der Waals surface area contributed by atoms with Crippen molar-refractivity contribution in [1.82, 2.24) is 5.32 Å². The number of anilines is 1. The van der Waals surface area contributed by atoms with E-state index in [0.29, 0.717) is 6.42 Å². The zero-order valence-electron chi connectivity index (χ0n) is 11.7. The van der Waals surface area contributed by atoms with Crippen molar-refractivity contribution < 1.29 is 23.5 Å². The highest BCUT2D eigenvalue weighted by Crippen LogP contribution is 2.22. The van der Waals surface area contributed by atoms with Gasteiger partial charge in [0.05, 0.1) is 10.7 Å². The van der Waals surface area contributed by atoms with Crippen LogP contribution in [0.3, 0.4) is 0 Å². The molecule has 1 aromatic rings. The first-order valence-corrected chi connectivity index (χ1v) is 7.00. The van der Waals surface area contributed by atoms with Gasteiger partial charge in [-0.3, -0.25) is 9.59 Å². The van der Waals surface area contributed by atoms with Gasteiger partial charge in [0, 0.05) is 6.42 Å². The lowest BCUT2D eigenvalue weighted by atomic mass is 10.2. The van der Waals surface area contributed by atoms with E-state index in [4.69, 9.17) is 16.3 Å². The molecule has 2 rings (SSSR count). The highest BCUT2D eigenvalue weighted by Gasteiger charge is 2.30. The molecule has 0 radical (unpaired) electrons. The van der Waals surface area contributed by atoms with Crippen molar-refractivity contribution in [3.05, 3.63) is 29.0 Å². The van der Waals surface area contributed by atoms with Crippen LogP contribution in [0, 0.1) is 5.82 Å². The van der Waals surface area contributed by atoms with Crippen molar-refractivity contribution in [3.8, 4) is 0 Å².